The van der Waals surface area contributed by atoms with Crippen LogP contribution in [0.5, 0.6) is 0 Å². The minimum absolute atomic E-state index is 0.0927. The van der Waals surface area contributed by atoms with Crippen LogP contribution in [0.15, 0.2) is 41.6 Å². The van der Waals surface area contributed by atoms with Gasteiger partial charge < -0.3 is 10.6 Å². The van der Waals surface area contributed by atoms with Crippen molar-refractivity contribution in [2.75, 3.05) is 12.3 Å². The largest absolute Gasteiger partial charge is 0.368 e. The van der Waals surface area contributed by atoms with E-state index in [2.05, 4.69) is 9.97 Å². The summed E-state index contributed by atoms with van der Waals surface area (Å²) in [5, 5.41) is 0.560. The predicted molar refractivity (Wildman–Crippen MR) is 101 cm³/mol. The Labute approximate surface area is 157 Å². The molecule has 0 saturated carbocycles. The van der Waals surface area contributed by atoms with Crippen LogP contribution in [-0.4, -0.2) is 45.0 Å². The number of nitrogens with two attached hydrogens (primary N) is 1. The third-order valence-electron chi connectivity index (χ3n) is 4.38. The van der Waals surface area contributed by atoms with Gasteiger partial charge in [-0.05, 0) is 32.3 Å². The van der Waals surface area contributed by atoms with Crippen molar-refractivity contribution in [3.63, 3.8) is 0 Å². The van der Waals surface area contributed by atoms with Crippen LogP contribution >= 0.6 is 11.8 Å². The summed E-state index contributed by atoms with van der Waals surface area (Å²) >= 11 is 1.29. The number of aromatic nitrogens is 2. The molecule has 26 heavy (non-hydrogen) atoms. The average Bonchev–Trinajstić information content (AvgIpc) is 2.66. The Balaban J connectivity index is 1.70. The lowest BCUT2D eigenvalue weighted by atomic mass is 10.0. The van der Waals surface area contributed by atoms with Crippen molar-refractivity contribution in [1.82, 2.24) is 14.9 Å². The fourth-order valence-electron chi connectivity index (χ4n) is 3.10. The molecule has 0 spiro atoms. The summed E-state index contributed by atoms with van der Waals surface area (Å²) in [6.07, 6.45) is 2.47. The lowest BCUT2D eigenvalue weighted by molar-refractivity contribution is -0.138. The molecule has 1 atom stereocenters. The standard InChI is InChI=1S/C19H22N4O2S/c1-13-11-15(14-7-3-2-4-8-14)22-19(21-13)26-12-17(24)23-10-6-5-9-16(23)18(20)25/h2-4,7-8,11,16H,5-6,9-10,12H2,1H3,(H2,20,25)/t16-/m1/s1. The molecule has 0 bridgehead atoms. The second-order valence-corrected chi connectivity index (χ2v) is 7.28. The molecule has 0 radical (unpaired) electrons. The zero-order valence-corrected chi connectivity index (χ0v) is 15.5. The third-order valence-corrected chi connectivity index (χ3v) is 5.21. The first-order chi connectivity index (χ1) is 12.5. The maximum atomic E-state index is 12.6. The highest BCUT2D eigenvalue weighted by Gasteiger charge is 2.30. The van der Waals surface area contributed by atoms with Crippen LogP contribution in [0, 0.1) is 6.92 Å². The van der Waals surface area contributed by atoms with Crippen LogP contribution in [0.25, 0.3) is 11.3 Å². The normalized spacial score (nSPS) is 17.1. The van der Waals surface area contributed by atoms with E-state index in [1.807, 2.05) is 43.3 Å². The van der Waals surface area contributed by atoms with Crippen LogP contribution in [-0.2, 0) is 9.59 Å². The van der Waals surface area contributed by atoms with E-state index < -0.39 is 11.9 Å². The Morgan fingerprint density at radius 1 is 1.23 bits per heavy atom. The molecule has 1 aliphatic rings. The molecule has 0 aliphatic carbocycles. The smallest absolute Gasteiger partial charge is 0.240 e. The average molecular weight is 370 g/mol. The molecule has 136 valence electrons. The molecule has 7 heteroatoms. The lowest BCUT2D eigenvalue weighted by Gasteiger charge is -2.33. The Morgan fingerprint density at radius 3 is 2.73 bits per heavy atom. The van der Waals surface area contributed by atoms with Crippen molar-refractivity contribution in [3.05, 3.63) is 42.1 Å². The molecule has 1 aromatic carbocycles. The molecular weight excluding hydrogens is 348 g/mol. The topological polar surface area (TPSA) is 89.2 Å². The zero-order valence-electron chi connectivity index (χ0n) is 14.7. The monoisotopic (exact) mass is 370 g/mol. The van der Waals surface area contributed by atoms with Gasteiger partial charge in [0.2, 0.25) is 11.8 Å². The van der Waals surface area contributed by atoms with Gasteiger partial charge in [-0.3, -0.25) is 9.59 Å². The summed E-state index contributed by atoms with van der Waals surface area (Å²) in [7, 11) is 0. The van der Waals surface area contributed by atoms with Gasteiger partial charge in [0.05, 0.1) is 11.4 Å². The minimum atomic E-state index is -0.491. The summed E-state index contributed by atoms with van der Waals surface area (Å²) in [5.74, 6) is -0.326. The molecule has 6 nitrogen and oxygen atoms in total. The van der Waals surface area contributed by atoms with E-state index in [9.17, 15) is 9.59 Å². The third kappa shape index (κ3) is 4.40. The van der Waals surface area contributed by atoms with Gasteiger partial charge in [-0.15, -0.1) is 0 Å². The summed E-state index contributed by atoms with van der Waals surface area (Å²) in [6, 6.07) is 11.3. The molecule has 1 saturated heterocycles. The van der Waals surface area contributed by atoms with Gasteiger partial charge in [0, 0.05) is 17.8 Å². The Morgan fingerprint density at radius 2 is 2.00 bits per heavy atom. The van der Waals surface area contributed by atoms with E-state index in [1.54, 1.807) is 4.90 Å². The zero-order chi connectivity index (χ0) is 18.5. The summed E-state index contributed by atoms with van der Waals surface area (Å²) < 4.78 is 0. The van der Waals surface area contributed by atoms with E-state index in [4.69, 9.17) is 5.73 Å². The second-order valence-electron chi connectivity index (χ2n) is 6.33. The number of likely N-dealkylation sites (tertiary alicyclic amines) is 1. The molecule has 2 aromatic rings. The van der Waals surface area contributed by atoms with Crippen molar-refractivity contribution in [3.8, 4) is 11.3 Å². The lowest BCUT2D eigenvalue weighted by Crippen LogP contribution is -2.51. The SMILES string of the molecule is Cc1cc(-c2ccccc2)nc(SCC(=O)N2CCCC[C@@H]2C(N)=O)n1. The first kappa shape index (κ1) is 18.4. The second kappa shape index (κ2) is 8.31. The van der Waals surface area contributed by atoms with Crippen molar-refractivity contribution >= 4 is 23.6 Å². The number of nitrogens with zero attached hydrogens (tertiary/aromatic N) is 3. The fourth-order valence-corrected chi connectivity index (χ4v) is 3.89. The van der Waals surface area contributed by atoms with E-state index in [1.165, 1.54) is 11.8 Å². The minimum Gasteiger partial charge on any atom is -0.368 e. The van der Waals surface area contributed by atoms with Gasteiger partial charge >= 0.3 is 0 Å². The van der Waals surface area contributed by atoms with E-state index in [0.717, 1.165) is 29.8 Å². The number of amides is 2. The van der Waals surface area contributed by atoms with Crippen molar-refractivity contribution in [2.45, 2.75) is 37.4 Å². The maximum Gasteiger partial charge on any atom is 0.240 e. The Hall–Kier alpha value is -2.41. The van der Waals surface area contributed by atoms with Crippen LogP contribution < -0.4 is 5.73 Å². The van der Waals surface area contributed by atoms with Gasteiger partial charge in [0.15, 0.2) is 5.16 Å². The number of hydrogen-bond donors (Lipinski definition) is 1. The van der Waals surface area contributed by atoms with Gasteiger partial charge in [-0.25, -0.2) is 9.97 Å². The van der Waals surface area contributed by atoms with Gasteiger partial charge in [-0.2, -0.15) is 0 Å². The Bertz CT molecular complexity index is 797. The number of benzene rings is 1. The molecule has 0 unspecified atom stereocenters. The number of hydrogen-bond acceptors (Lipinski definition) is 5. The fraction of sp³-hybridized carbons (Fsp3) is 0.368. The highest BCUT2D eigenvalue weighted by Crippen LogP contribution is 2.23. The Kier molecular flexibility index (Phi) is 5.88. The van der Waals surface area contributed by atoms with Crippen LogP contribution in [0.3, 0.4) is 0 Å². The number of thioether (sulfide) groups is 1. The molecule has 1 aromatic heterocycles. The number of carbonyl (C=O) groups is 2. The van der Waals surface area contributed by atoms with Gasteiger partial charge in [0.1, 0.15) is 6.04 Å². The molecule has 2 N–H and O–H groups in total. The summed E-state index contributed by atoms with van der Waals surface area (Å²) in [5.41, 5.74) is 8.14. The first-order valence-corrected chi connectivity index (χ1v) is 9.66. The summed E-state index contributed by atoms with van der Waals surface area (Å²) in [6.45, 7) is 2.49. The molecule has 2 amide bonds. The predicted octanol–water partition coefficient (Wildman–Crippen LogP) is 2.41. The van der Waals surface area contributed by atoms with Crippen molar-refractivity contribution < 1.29 is 9.59 Å². The van der Waals surface area contributed by atoms with E-state index in [0.29, 0.717) is 18.1 Å². The maximum absolute atomic E-state index is 12.6. The van der Waals surface area contributed by atoms with Crippen LogP contribution in [0.2, 0.25) is 0 Å². The number of aryl methyl sites for hydroxylation is 1. The molecular formula is C19H22N4O2S. The van der Waals surface area contributed by atoms with Gasteiger partial charge in [-0.1, -0.05) is 42.1 Å². The molecule has 2 heterocycles. The number of primary amides is 1. The first-order valence-electron chi connectivity index (χ1n) is 8.67. The quantitative estimate of drug-likeness (QED) is 0.645. The van der Waals surface area contributed by atoms with Crippen molar-refractivity contribution in [1.29, 1.82) is 0 Å². The number of carbonyl (C=O) groups excluding carboxylic acids is 2. The van der Waals surface area contributed by atoms with Crippen molar-refractivity contribution in [2.24, 2.45) is 5.73 Å². The molecule has 1 aliphatic heterocycles. The molecule has 3 rings (SSSR count). The van der Waals surface area contributed by atoms with Crippen LogP contribution in [0.4, 0.5) is 0 Å². The highest BCUT2D eigenvalue weighted by molar-refractivity contribution is 7.99. The van der Waals surface area contributed by atoms with E-state index in [-0.39, 0.29) is 11.7 Å². The number of piperidine rings is 1. The van der Waals surface area contributed by atoms with Crippen LogP contribution in [0.1, 0.15) is 25.0 Å². The highest BCUT2D eigenvalue weighted by atomic mass is 32.2. The summed E-state index contributed by atoms with van der Waals surface area (Å²) in [4.78, 5) is 34.7. The van der Waals surface area contributed by atoms with E-state index >= 15 is 0 Å². The van der Waals surface area contributed by atoms with Gasteiger partial charge in [0.25, 0.3) is 0 Å². The number of rotatable bonds is 5. The molecule has 1 fully saturated rings.